The van der Waals surface area contributed by atoms with Gasteiger partial charge in [-0.2, -0.15) is 0 Å². The van der Waals surface area contributed by atoms with E-state index < -0.39 is 4.92 Å². The van der Waals surface area contributed by atoms with Gasteiger partial charge in [-0.1, -0.05) is 23.9 Å². The van der Waals surface area contributed by atoms with Crippen molar-refractivity contribution in [2.75, 3.05) is 47.0 Å². The van der Waals surface area contributed by atoms with Gasteiger partial charge in [0.2, 0.25) is 5.91 Å². The molecule has 0 unspecified atom stereocenters. The number of hydrogen-bond acceptors (Lipinski definition) is 8. The van der Waals surface area contributed by atoms with Crippen LogP contribution in [-0.4, -0.2) is 52.7 Å². The number of nitro benzene ring substituents is 1. The maximum Gasteiger partial charge on any atom is 0.269 e. The molecule has 1 saturated heterocycles. The van der Waals surface area contributed by atoms with Crippen LogP contribution in [-0.2, 0) is 4.79 Å². The maximum atomic E-state index is 14.0. The number of halogens is 1. The van der Waals surface area contributed by atoms with E-state index in [2.05, 4.69) is 20.2 Å². The third-order valence-electron chi connectivity index (χ3n) is 5.14. The van der Waals surface area contributed by atoms with Crippen molar-refractivity contribution in [2.45, 2.75) is 5.03 Å². The molecule has 1 amide bonds. The Morgan fingerprint density at radius 1 is 1.06 bits per heavy atom. The summed E-state index contributed by atoms with van der Waals surface area (Å²) in [4.78, 5) is 35.2. The summed E-state index contributed by atoms with van der Waals surface area (Å²) in [6.45, 7) is 2.72. The van der Waals surface area contributed by atoms with Gasteiger partial charge in [0, 0.05) is 50.1 Å². The second kappa shape index (κ2) is 10.3. The van der Waals surface area contributed by atoms with Crippen molar-refractivity contribution in [1.82, 2.24) is 9.97 Å². The van der Waals surface area contributed by atoms with E-state index in [9.17, 15) is 19.3 Å². The van der Waals surface area contributed by atoms with Crippen molar-refractivity contribution in [1.29, 1.82) is 0 Å². The predicted octanol–water partition coefficient (Wildman–Crippen LogP) is 3.58. The summed E-state index contributed by atoms with van der Waals surface area (Å²) in [7, 11) is 0. The molecular formula is C22H21FN6O3S. The average molecular weight is 469 g/mol. The number of rotatable bonds is 7. The van der Waals surface area contributed by atoms with Crippen LogP contribution < -0.4 is 15.1 Å². The molecule has 0 aliphatic carbocycles. The second-order valence-electron chi connectivity index (χ2n) is 7.28. The molecule has 4 rings (SSSR count). The number of carbonyl (C=O) groups is 1. The van der Waals surface area contributed by atoms with E-state index in [4.69, 9.17) is 0 Å². The highest BCUT2D eigenvalue weighted by atomic mass is 32.2. The zero-order chi connectivity index (χ0) is 23.2. The standard InChI is InChI=1S/C22H21FN6O3S/c23-18-3-1-2-4-19(18)27-9-11-28(12-10-27)20-13-22(25-15-24-20)33-14-21(30)26-16-5-7-17(8-6-16)29(31)32/h1-8,13,15H,9-12,14H2,(H,26,30). The normalized spacial score (nSPS) is 13.6. The smallest absolute Gasteiger partial charge is 0.269 e. The van der Waals surface area contributed by atoms with Gasteiger partial charge in [0.15, 0.2) is 0 Å². The average Bonchev–Trinajstić information content (AvgIpc) is 2.84. The van der Waals surface area contributed by atoms with Crippen LogP contribution in [0.4, 0.5) is 27.3 Å². The van der Waals surface area contributed by atoms with E-state index >= 15 is 0 Å². The van der Waals surface area contributed by atoms with Gasteiger partial charge in [-0.05, 0) is 24.3 Å². The molecule has 0 spiro atoms. The van der Waals surface area contributed by atoms with Gasteiger partial charge in [0.25, 0.3) is 5.69 Å². The molecule has 0 saturated carbocycles. The van der Waals surface area contributed by atoms with E-state index in [0.717, 1.165) is 5.82 Å². The molecular weight excluding hydrogens is 447 g/mol. The number of non-ortho nitro benzene ring substituents is 1. The molecule has 1 aromatic heterocycles. The highest BCUT2D eigenvalue weighted by Gasteiger charge is 2.20. The summed E-state index contributed by atoms with van der Waals surface area (Å²) >= 11 is 1.28. The molecule has 1 aliphatic heterocycles. The fraction of sp³-hybridized carbons (Fsp3) is 0.227. The van der Waals surface area contributed by atoms with Crippen LogP contribution in [0.3, 0.4) is 0 Å². The van der Waals surface area contributed by atoms with E-state index in [1.165, 1.54) is 48.4 Å². The number of amides is 1. The SMILES string of the molecule is O=C(CSc1cc(N2CCN(c3ccccc3F)CC2)ncn1)Nc1ccc([N+](=O)[O-])cc1. The van der Waals surface area contributed by atoms with Crippen molar-refractivity contribution < 1.29 is 14.1 Å². The summed E-state index contributed by atoms with van der Waals surface area (Å²) in [5.74, 6) is 0.428. The van der Waals surface area contributed by atoms with Gasteiger partial charge >= 0.3 is 0 Å². The lowest BCUT2D eigenvalue weighted by Gasteiger charge is -2.36. The number of nitro groups is 1. The van der Waals surface area contributed by atoms with Crippen LogP contribution in [0.25, 0.3) is 0 Å². The van der Waals surface area contributed by atoms with Crippen LogP contribution in [0.1, 0.15) is 0 Å². The molecule has 9 nitrogen and oxygen atoms in total. The lowest BCUT2D eigenvalue weighted by atomic mass is 10.2. The highest BCUT2D eigenvalue weighted by molar-refractivity contribution is 7.99. The minimum Gasteiger partial charge on any atom is -0.366 e. The van der Waals surface area contributed by atoms with Gasteiger partial charge in [0.05, 0.1) is 16.4 Å². The Balaban J connectivity index is 1.29. The molecule has 0 bridgehead atoms. The number of nitrogens with one attached hydrogen (secondary N) is 1. The number of thioether (sulfide) groups is 1. The first-order chi connectivity index (χ1) is 16.0. The first-order valence-corrected chi connectivity index (χ1v) is 11.2. The quantitative estimate of drug-likeness (QED) is 0.243. The predicted molar refractivity (Wildman–Crippen MR) is 125 cm³/mol. The monoisotopic (exact) mass is 468 g/mol. The van der Waals surface area contributed by atoms with E-state index in [-0.39, 0.29) is 23.2 Å². The summed E-state index contributed by atoms with van der Waals surface area (Å²) in [6.07, 6.45) is 1.47. The van der Waals surface area contributed by atoms with Gasteiger partial charge < -0.3 is 15.1 Å². The van der Waals surface area contributed by atoms with Crippen LogP contribution in [0.5, 0.6) is 0 Å². The van der Waals surface area contributed by atoms with Crippen LogP contribution in [0.15, 0.2) is 66.0 Å². The van der Waals surface area contributed by atoms with Crippen molar-refractivity contribution in [3.05, 3.63) is 76.9 Å². The Morgan fingerprint density at radius 2 is 1.76 bits per heavy atom. The molecule has 2 aromatic carbocycles. The van der Waals surface area contributed by atoms with Crippen LogP contribution in [0.2, 0.25) is 0 Å². The van der Waals surface area contributed by atoms with E-state index in [0.29, 0.717) is 42.6 Å². The summed E-state index contributed by atoms with van der Waals surface area (Å²) in [6, 6.07) is 14.3. The number of anilines is 3. The van der Waals surface area contributed by atoms with Crippen LogP contribution in [0, 0.1) is 15.9 Å². The highest BCUT2D eigenvalue weighted by Crippen LogP contribution is 2.24. The number of nitrogens with zero attached hydrogens (tertiary/aromatic N) is 5. The Bertz CT molecular complexity index is 1140. The molecule has 170 valence electrons. The maximum absolute atomic E-state index is 14.0. The lowest BCUT2D eigenvalue weighted by Crippen LogP contribution is -2.47. The number of hydrogen-bond donors (Lipinski definition) is 1. The Labute approximate surface area is 193 Å². The third kappa shape index (κ3) is 5.75. The topological polar surface area (TPSA) is 104 Å². The summed E-state index contributed by atoms with van der Waals surface area (Å²) in [5, 5.41) is 14.1. The van der Waals surface area contributed by atoms with Gasteiger partial charge in [-0.25, -0.2) is 14.4 Å². The van der Waals surface area contributed by atoms with Gasteiger partial charge in [0.1, 0.15) is 23.0 Å². The van der Waals surface area contributed by atoms with Crippen molar-refractivity contribution in [2.24, 2.45) is 0 Å². The number of piperazine rings is 1. The number of para-hydroxylation sites is 1. The van der Waals surface area contributed by atoms with Gasteiger partial charge in [-0.15, -0.1) is 0 Å². The zero-order valence-electron chi connectivity index (χ0n) is 17.6. The van der Waals surface area contributed by atoms with E-state index in [1.807, 2.05) is 17.0 Å². The molecule has 11 heteroatoms. The number of benzene rings is 2. The molecule has 33 heavy (non-hydrogen) atoms. The van der Waals surface area contributed by atoms with E-state index in [1.54, 1.807) is 12.1 Å². The fourth-order valence-electron chi connectivity index (χ4n) is 3.47. The number of aromatic nitrogens is 2. The first-order valence-electron chi connectivity index (χ1n) is 10.2. The lowest BCUT2D eigenvalue weighted by molar-refractivity contribution is -0.384. The molecule has 1 N–H and O–H groups in total. The molecule has 1 aliphatic rings. The molecule has 1 fully saturated rings. The molecule has 2 heterocycles. The third-order valence-corrected chi connectivity index (χ3v) is 6.06. The molecule has 0 radical (unpaired) electrons. The fourth-order valence-corrected chi connectivity index (χ4v) is 4.13. The zero-order valence-corrected chi connectivity index (χ0v) is 18.4. The summed E-state index contributed by atoms with van der Waals surface area (Å²) < 4.78 is 14.0. The molecule has 3 aromatic rings. The Kier molecular flexibility index (Phi) is 6.98. The second-order valence-corrected chi connectivity index (χ2v) is 8.28. The van der Waals surface area contributed by atoms with Crippen molar-refractivity contribution >= 4 is 40.5 Å². The van der Waals surface area contributed by atoms with Crippen molar-refractivity contribution in [3.63, 3.8) is 0 Å². The minimum atomic E-state index is -0.492. The Morgan fingerprint density at radius 3 is 2.45 bits per heavy atom. The van der Waals surface area contributed by atoms with Crippen molar-refractivity contribution in [3.8, 4) is 0 Å². The summed E-state index contributed by atoms with van der Waals surface area (Å²) in [5.41, 5.74) is 1.06. The largest absolute Gasteiger partial charge is 0.366 e. The Hall–Kier alpha value is -3.73. The number of carbonyl (C=O) groups excluding carboxylic acids is 1. The first kappa shape index (κ1) is 22.5. The van der Waals surface area contributed by atoms with Gasteiger partial charge in [-0.3, -0.25) is 14.9 Å². The molecule has 0 atom stereocenters. The van der Waals surface area contributed by atoms with Crippen LogP contribution >= 0.6 is 11.8 Å². The minimum absolute atomic E-state index is 0.0365.